The maximum Gasteiger partial charge on any atom is 0.115 e. The third-order valence-corrected chi connectivity index (χ3v) is 3.66. The van der Waals surface area contributed by atoms with Gasteiger partial charge in [0, 0.05) is 31.7 Å². The van der Waals surface area contributed by atoms with Crippen LogP contribution in [0.3, 0.4) is 0 Å². The molecule has 0 bridgehead atoms. The van der Waals surface area contributed by atoms with Crippen LogP contribution in [0.2, 0.25) is 0 Å². The van der Waals surface area contributed by atoms with Gasteiger partial charge in [0.05, 0.1) is 13.2 Å². The molecule has 106 valence electrons. The first-order valence-corrected chi connectivity index (χ1v) is 6.89. The molecule has 19 heavy (non-hydrogen) atoms. The van der Waals surface area contributed by atoms with E-state index >= 15 is 0 Å². The van der Waals surface area contributed by atoms with Crippen molar-refractivity contribution in [3.63, 3.8) is 0 Å². The van der Waals surface area contributed by atoms with Crippen molar-refractivity contribution < 1.29 is 9.84 Å². The molecule has 1 aromatic carbocycles. The van der Waals surface area contributed by atoms with Crippen LogP contribution in [-0.2, 0) is 11.3 Å². The smallest absolute Gasteiger partial charge is 0.115 e. The van der Waals surface area contributed by atoms with Gasteiger partial charge in [0.25, 0.3) is 0 Å². The third-order valence-electron chi connectivity index (χ3n) is 3.66. The van der Waals surface area contributed by atoms with E-state index in [1.807, 2.05) is 12.1 Å². The molecule has 4 nitrogen and oxygen atoms in total. The SMILES string of the molecule is CC(C)(CNCc1cccc(O)c1)N1CCOCC1. The van der Waals surface area contributed by atoms with Crippen molar-refractivity contribution in [1.29, 1.82) is 0 Å². The van der Waals surface area contributed by atoms with E-state index in [0.29, 0.717) is 5.75 Å². The molecule has 0 spiro atoms. The number of benzene rings is 1. The minimum absolute atomic E-state index is 0.126. The maximum atomic E-state index is 9.43. The van der Waals surface area contributed by atoms with Crippen molar-refractivity contribution >= 4 is 0 Å². The normalized spacial score (nSPS) is 17.6. The number of ether oxygens (including phenoxy) is 1. The molecule has 1 saturated heterocycles. The largest absolute Gasteiger partial charge is 0.508 e. The van der Waals surface area contributed by atoms with Crippen molar-refractivity contribution in [2.75, 3.05) is 32.8 Å². The predicted octanol–water partition coefficient (Wildman–Crippen LogP) is 1.59. The molecule has 0 atom stereocenters. The molecule has 0 aliphatic carbocycles. The lowest BCUT2D eigenvalue weighted by Crippen LogP contribution is -2.54. The first-order chi connectivity index (χ1) is 9.08. The average Bonchev–Trinajstić information content (AvgIpc) is 2.40. The Morgan fingerprint density at radius 1 is 1.32 bits per heavy atom. The summed E-state index contributed by atoms with van der Waals surface area (Å²) in [5, 5.41) is 12.9. The molecule has 0 unspecified atom stereocenters. The summed E-state index contributed by atoms with van der Waals surface area (Å²) < 4.78 is 5.39. The predicted molar refractivity (Wildman–Crippen MR) is 76.3 cm³/mol. The lowest BCUT2D eigenvalue weighted by molar-refractivity contribution is -0.00966. The first kappa shape index (κ1) is 14.3. The van der Waals surface area contributed by atoms with E-state index in [0.717, 1.165) is 45.0 Å². The molecule has 2 rings (SSSR count). The van der Waals surface area contributed by atoms with Gasteiger partial charge in [-0.3, -0.25) is 4.90 Å². The zero-order valence-electron chi connectivity index (χ0n) is 11.9. The summed E-state index contributed by atoms with van der Waals surface area (Å²) >= 11 is 0. The molecule has 1 aliphatic rings. The summed E-state index contributed by atoms with van der Waals surface area (Å²) in [5.74, 6) is 0.326. The van der Waals surface area contributed by atoms with Gasteiger partial charge in [-0.05, 0) is 31.5 Å². The molecular formula is C15H24N2O2. The van der Waals surface area contributed by atoms with Gasteiger partial charge in [-0.25, -0.2) is 0 Å². The highest BCUT2D eigenvalue weighted by Gasteiger charge is 2.27. The molecule has 1 heterocycles. The topological polar surface area (TPSA) is 44.7 Å². The fraction of sp³-hybridized carbons (Fsp3) is 0.600. The van der Waals surface area contributed by atoms with Crippen LogP contribution in [0.5, 0.6) is 5.75 Å². The Morgan fingerprint density at radius 3 is 2.74 bits per heavy atom. The number of nitrogens with one attached hydrogen (secondary N) is 1. The summed E-state index contributed by atoms with van der Waals surface area (Å²) in [6.45, 7) is 9.87. The van der Waals surface area contributed by atoms with E-state index in [9.17, 15) is 5.11 Å². The number of morpholine rings is 1. The zero-order valence-corrected chi connectivity index (χ0v) is 11.9. The molecule has 0 radical (unpaired) electrons. The number of nitrogens with zero attached hydrogens (tertiary/aromatic N) is 1. The van der Waals surface area contributed by atoms with Crippen LogP contribution in [0.4, 0.5) is 0 Å². The Hall–Kier alpha value is -1.10. The fourth-order valence-corrected chi connectivity index (χ4v) is 2.46. The highest BCUT2D eigenvalue weighted by molar-refractivity contribution is 5.26. The number of phenols is 1. The average molecular weight is 264 g/mol. The second-order valence-corrected chi connectivity index (χ2v) is 5.69. The van der Waals surface area contributed by atoms with Gasteiger partial charge in [-0.15, -0.1) is 0 Å². The number of aromatic hydroxyl groups is 1. The molecule has 1 aliphatic heterocycles. The van der Waals surface area contributed by atoms with Gasteiger partial charge in [-0.2, -0.15) is 0 Å². The lowest BCUT2D eigenvalue weighted by atomic mass is 10.0. The number of hydrogen-bond acceptors (Lipinski definition) is 4. The summed E-state index contributed by atoms with van der Waals surface area (Å²) in [6.07, 6.45) is 0. The Balaban J connectivity index is 1.80. The maximum absolute atomic E-state index is 9.43. The molecule has 1 fully saturated rings. The number of hydrogen-bond donors (Lipinski definition) is 2. The molecule has 0 amide bonds. The van der Waals surface area contributed by atoms with E-state index in [1.165, 1.54) is 0 Å². The van der Waals surface area contributed by atoms with E-state index in [1.54, 1.807) is 12.1 Å². The van der Waals surface area contributed by atoms with Crippen LogP contribution in [-0.4, -0.2) is 48.4 Å². The van der Waals surface area contributed by atoms with Crippen LogP contribution in [0.25, 0.3) is 0 Å². The zero-order chi connectivity index (χ0) is 13.7. The molecule has 0 saturated carbocycles. The summed E-state index contributed by atoms with van der Waals surface area (Å²) in [7, 11) is 0. The monoisotopic (exact) mass is 264 g/mol. The Labute approximate surface area is 115 Å². The van der Waals surface area contributed by atoms with Gasteiger partial charge in [-0.1, -0.05) is 12.1 Å². The molecule has 1 aromatic rings. The Kier molecular flexibility index (Phi) is 4.80. The van der Waals surface area contributed by atoms with Crippen LogP contribution < -0.4 is 5.32 Å². The van der Waals surface area contributed by atoms with E-state index in [-0.39, 0.29) is 5.54 Å². The minimum Gasteiger partial charge on any atom is -0.508 e. The Morgan fingerprint density at radius 2 is 2.05 bits per heavy atom. The standard InChI is InChI=1S/C15H24N2O2/c1-15(2,17-6-8-19-9-7-17)12-16-11-13-4-3-5-14(18)10-13/h3-5,10,16,18H,6-9,11-12H2,1-2H3. The van der Waals surface area contributed by atoms with Crippen molar-refractivity contribution in [1.82, 2.24) is 10.2 Å². The molecule has 2 N–H and O–H groups in total. The fourth-order valence-electron chi connectivity index (χ4n) is 2.46. The van der Waals surface area contributed by atoms with Gasteiger partial charge in [0.2, 0.25) is 0 Å². The number of rotatable bonds is 5. The third kappa shape index (κ3) is 4.20. The summed E-state index contributed by atoms with van der Waals surface area (Å²) in [6, 6.07) is 7.39. The van der Waals surface area contributed by atoms with Crippen molar-refractivity contribution in [3.8, 4) is 5.75 Å². The second kappa shape index (κ2) is 6.37. The van der Waals surface area contributed by atoms with Gasteiger partial charge < -0.3 is 15.2 Å². The quantitative estimate of drug-likeness (QED) is 0.848. The first-order valence-electron chi connectivity index (χ1n) is 6.89. The summed E-state index contributed by atoms with van der Waals surface area (Å²) in [4.78, 5) is 2.46. The van der Waals surface area contributed by atoms with Crippen molar-refractivity contribution in [2.24, 2.45) is 0 Å². The van der Waals surface area contributed by atoms with Crippen LogP contribution in [0.1, 0.15) is 19.4 Å². The van der Waals surface area contributed by atoms with E-state index in [2.05, 4.69) is 24.1 Å². The van der Waals surface area contributed by atoms with E-state index in [4.69, 9.17) is 4.74 Å². The summed E-state index contributed by atoms with van der Waals surface area (Å²) in [5.41, 5.74) is 1.23. The molecule has 0 aromatic heterocycles. The van der Waals surface area contributed by atoms with E-state index < -0.39 is 0 Å². The van der Waals surface area contributed by atoms with Crippen molar-refractivity contribution in [2.45, 2.75) is 25.9 Å². The van der Waals surface area contributed by atoms with Crippen LogP contribution in [0, 0.1) is 0 Å². The minimum atomic E-state index is 0.126. The lowest BCUT2D eigenvalue weighted by Gasteiger charge is -2.41. The van der Waals surface area contributed by atoms with Gasteiger partial charge >= 0.3 is 0 Å². The Bertz CT molecular complexity index is 401. The van der Waals surface area contributed by atoms with Crippen molar-refractivity contribution in [3.05, 3.63) is 29.8 Å². The highest BCUT2D eigenvalue weighted by Crippen LogP contribution is 2.16. The number of phenolic OH excluding ortho intramolecular Hbond substituents is 1. The second-order valence-electron chi connectivity index (χ2n) is 5.69. The van der Waals surface area contributed by atoms with Crippen LogP contribution in [0.15, 0.2) is 24.3 Å². The van der Waals surface area contributed by atoms with Crippen LogP contribution >= 0.6 is 0 Å². The van der Waals surface area contributed by atoms with Gasteiger partial charge in [0.15, 0.2) is 0 Å². The molecular weight excluding hydrogens is 240 g/mol. The van der Waals surface area contributed by atoms with Gasteiger partial charge in [0.1, 0.15) is 5.75 Å². The molecule has 4 heteroatoms. The highest BCUT2D eigenvalue weighted by atomic mass is 16.5.